The van der Waals surface area contributed by atoms with Crippen LogP contribution in [0.15, 0.2) is 60.7 Å². The Bertz CT molecular complexity index is 1730. The molecule has 1 heterocycles. The van der Waals surface area contributed by atoms with E-state index in [-0.39, 0.29) is 39.6 Å². The number of rotatable bonds is 34. The molecule has 17 heteroatoms. The highest BCUT2D eigenvalue weighted by Gasteiger charge is 2.70. The van der Waals surface area contributed by atoms with Crippen molar-refractivity contribution in [2.45, 2.75) is 187 Å². The number of carbonyl (C=O) groups is 4. The van der Waals surface area contributed by atoms with Crippen LogP contribution in [0, 0.1) is 0 Å². The quantitative estimate of drug-likeness (QED) is 0.0452. The summed E-state index contributed by atoms with van der Waals surface area (Å²) in [5, 5.41) is 7.28. The summed E-state index contributed by atoms with van der Waals surface area (Å²) in [6, 6.07) is 13.1. The molecule has 2 aromatic rings. The highest BCUT2D eigenvalue weighted by atomic mass is 19.3. The number of hydrogen-bond donors (Lipinski definition) is 3. The second-order valence-electron chi connectivity index (χ2n) is 17.2. The maximum absolute atomic E-state index is 18.3. The smallest absolute Gasteiger partial charge is 0.408 e. The highest BCUT2D eigenvalue weighted by molar-refractivity contribution is 5.92. The summed E-state index contributed by atoms with van der Waals surface area (Å²) in [4.78, 5) is 54.0. The van der Waals surface area contributed by atoms with E-state index in [1.807, 2.05) is 40.7 Å². The predicted octanol–water partition coefficient (Wildman–Crippen LogP) is 8.34. The molecule has 0 bridgehead atoms. The summed E-state index contributed by atoms with van der Waals surface area (Å²) in [7, 11) is 0. The first-order chi connectivity index (χ1) is 32.8. The van der Waals surface area contributed by atoms with Crippen LogP contribution in [0.1, 0.15) is 130 Å². The van der Waals surface area contributed by atoms with Gasteiger partial charge in [-0.3, -0.25) is 9.59 Å². The molecule has 0 aromatic heterocycles. The summed E-state index contributed by atoms with van der Waals surface area (Å²) in [5.74, 6) is -9.75. The molecule has 2 aromatic carbocycles. The molecule has 3 N–H and O–H groups in total. The molecule has 8 atom stereocenters. The fourth-order valence-electron chi connectivity index (χ4n) is 7.23. The molecule has 1 saturated heterocycles. The maximum atomic E-state index is 18.3. The molecule has 68 heavy (non-hydrogen) atoms. The molecule has 3 rings (SSSR count). The van der Waals surface area contributed by atoms with Gasteiger partial charge in [-0.05, 0) is 57.1 Å². The molecule has 1 unspecified atom stereocenters. The van der Waals surface area contributed by atoms with Crippen molar-refractivity contribution in [2.75, 3.05) is 39.6 Å². The Balaban J connectivity index is 2.08. The minimum atomic E-state index is -4.14. The van der Waals surface area contributed by atoms with Crippen LogP contribution in [0.3, 0.4) is 0 Å². The molecule has 1 fully saturated rings. The number of esters is 1. The van der Waals surface area contributed by atoms with Crippen LogP contribution >= 0.6 is 0 Å². The summed E-state index contributed by atoms with van der Waals surface area (Å²) >= 11 is 0. The van der Waals surface area contributed by atoms with Crippen molar-refractivity contribution in [1.82, 2.24) is 16.0 Å². The molecular formula is C51H79F2N3O12. The van der Waals surface area contributed by atoms with Gasteiger partial charge >= 0.3 is 18.0 Å². The standard InChI is InChI=1S/C51H79F2N3O12/c1-8-13-28-61-36-42-43(62-29-14-9-2)44(63-30-15-10-3)45(64-31-16-11-4)51(68-42,67-32-17-12-5)50(52,53)33-41(56-49(60)66-35-40-26-22-19-23-27-40)47(58)54-37(6)46(57)55-38(7)48(59)65-34-39-24-20-18-21-25-39/h18-27,37-38,41-45H,8-17,28-36H2,1-7H3,(H,54,58)(H,55,57)(H,56,60)/t37-,38-,41?,42+,43-,44-,45+,51+/m0/s1. The average Bonchev–Trinajstić information content (AvgIpc) is 3.33. The summed E-state index contributed by atoms with van der Waals surface area (Å²) in [6.45, 7) is 12.9. The van der Waals surface area contributed by atoms with Crippen molar-refractivity contribution >= 4 is 23.9 Å². The van der Waals surface area contributed by atoms with E-state index in [0.717, 1.165) is 31.2 Å². The number of ether oxygens (including phenoxy) is 8. The first-order valence-electron chi connectivity index (χ1n) is 24.7. The van der Waals surface area contributed by atoms with Crippen LogP contribution in [0.4, 0.5) is 13.6 Å². The summed E-state index contributed by atoms with van der Waals surface area (Å²) < 4.78 is 85.7. The Hall–Kier alpha value is -4.26. The third-order valence-electron chi connectivity index (χ3n) is 11.3. The largest absolute Gasteiger partial charge is 0.459 e. The van der Waals surface area contributed by atoms with E-state index in [9.17, 15) is 19.2 Å². The monoisotopic (exact) mass is 964 g/mol. The van der Waals surface area contributed by atoms with Crippen LogP contribution in [0.25, 0.3) is 0 Å². The Morgan fingerprint density at radius 1 is 0.632 bits per heavy atom. The van der Waals surface area contributed by atoms with Gasteiger partial charge in [0.15, 0.2) is 0 Å². The Kier molecular flexibility index (Phi) is 27.1. The van der Waals surface area contributed by atoms with Gasteiger partial charge in [-0.15, -0.1) is 0 Å². The van der Waals surface area contributed by atoms with Gasteiger partial charge in [0.05, 0.1) is 13.2 Å². The first-order valence-corrected chi connectivity index (χ1v) is 24.7. The number of nitrogens with one attached hydrogen (secondary N) is 3. The van der Waals surface area contributed by atoms with Crippen LogP contribution in [-0.4, -0.2) is 118 Å². The van der Waals surface area contributed by atoms with E-state index >= 15 is 8.78 Å². The molecule has 384 valence electrons. The van der Waals surface area contributed by atoms with Gasteiger partial charge in [0.1, 0.15) is 55.8 Å². The number of halogens is 2. The van der Waals surface area contributed by atoms with Gasteiger partial charge < -0.3 is 53.8 Å². The van der Waals surface area contributed by atoms with E-state index in [1.54, 1.807) is 54.6 Å². The van der Waals surface area contributed by atoms with Crippen LogP contribution < -0.4 is 16.0 Å². The number of carbonyl (C=O) groups excluding carboxylic acids is 4. The zero-order valence-electron chi connectivity index (χ0n) is 41.4. The number of alkyl carbamates (subject to hydrolysis) is 1. The Morgan fingerprint density at radius 2 is 1.13 bits per heavy atom. The van der Waals surface area contributed by atoms with Crippen molar-refractivity contribution in [2.24, 2.45) is 0 Å². The third-order valence-corrected chi connectivity index (χ3v) is 11.3. The lowest BCUT2D eigenvalue weighted by molar-refractivity contribution is -0.435. The molecule has 0 spiro atoms. The van der Waals surface area contributed by atoms with Crippen molar-refractivity contribution < 1.29 is 65.9 Å². The Labute approximate surface area is 402 Å². The molecular weight excluding hydrogens is 885 g/mol. The van der Waals surface area contributed by atoms with Crippen molar-refractivity contribution in [3.8, 4) is 0 Å². The van der Waals surface area contributed by atoms with E-state index in [4.69, 9.17) is 37.9 Å². The van der Waals surface area contributed by atoms with Crippen LogP contribution in [-0.2, 0) is 65.5 Å². The van der Waals surface area contributed by atoms with Gasteiger partial charge in [-0.2, -0.15) is 0 Å². The molecule has 1 aliphatic heterocycles. The van der Waals surface area contributed by atoms with Crippen LogP contribution in [0.5, 0.6) is 0 Å². The summed E-state index contributed by atoms with van der Waals surface area (Å²) in [5.41, 5.74) is 1.35. The first kappa shape index (κ1) is 58.1. The molecule has 0 radical (unpaired) electrons. The summed E-state index contributed by atoms with van der Waals surface area (Å²) in [6.07, 6.45) is -0.751. The maximum Gasteiger partial charge on any atom is 0.408 e. The fourth-order valence-corrected chi connectivity index (χ4v) is 7.23. The topological polar surface area (TPSA) is 178 Å². The molecule has 15 nitrogen and oxygen atoms in total. The van der Waals surface area contributed by atoms with Gasteiger partial charge in [0, 0.05) is 32.8 Å². The number of alkyl halides is 2. The van der Waals surface area contributed by atoms with E-state index in [1.165, 1.54) is 13.8 Å². The zero-order chi connectivity index (χ0) is 49.8. The second kappa shape index (κ2) is 31.8. The molecule has 0 saturated carbocycles. The molecule has 0 aliphatic carbocycles. The van der Waals surface area contributed by atoms with E-state index in [0.29, 0.717) is 57.3 Å². The lowest BCUT2D eigenvalue weighted by Gasteiger charge is -2.54. The minimum Gasteiger partial charge on any atom is -0.459 e. The van der Waals surface area contributed by atoms with Gasteiger partial charge in [0.2, 0.25) is 11.8 Å². The zero-order valence-corrected chi connectivity index (χ0v) is 41.4. The average molecular weight is 964 g/mol. The Morgan fingerprint density at radius 3 is 1.71 bits per heavy atom. The van der Waals surface area contributed by atoms with Gasteiger partial charge in [0.25, 0.3) is 5.79 Å². The van der Waals surface area contributed by atoms with Crippen molar-refractivity contribution in [3.05, 3.63) is 71.8 Å². The van der Waals surface area contributed by atoms with Gasteiger partial charge in [-0.1, -0.05) is 127 Å². The number of hydrogen-bond acceptors (Lipinski definition) is 12. The minimum absolute atomic E-state index is 0.0310. The number of unbranched alkanes of at least 4 members (excludes halogenated alkanes) is 5. The van der Waals surface area contributed by atoms with E-state index in [2.05, 4.69) is 16.0 Å². The number of benzene rings is 2. The van der Waals surface area contributed by atoms with E-state index < -0.39 is 84.5 Å². The predicted molar refractivity (Wildman–Crippen MR) is 253 cm³/mol. The molecule has 3 amide bonds. The second-order valence-corrected chi connectivity index (χ2v) is 17.2. The SMILES string of the molecule is CCCCOC[C@H]1O[C@@](OCCCC)(C(F)(F)CC(NC(=O)OCc2ccccc2)C(=O)N[C@@H](C)C(=O)N[C@@H](C)C(=O)OCc2ccccc2)[C@H](OCCCC)[C@@H](OCCCC)[C@H]1OCCCC. The molecule has 1 aliphatic rings. The normalized spacial score (nSPS) is 20.7. The number of amides is 3. The van der Waals surface area contributed by atoms with Crippen LogP contribution in [0.2, 0.25) is 0 Å². The third kappa shape index (κ3) is 18.9. The lowest BCUT2D eigenvalue weighted by atomic mass is 9.85. The highest BCUT2D eigenvalue weighted by Crippen LogP contribution is 2.48. The lowest BCUT2D eigenvalue weighted by Crippen LogP contribution is -2.74. The van der Waals surface area contributed by atoms with Crippen molar-refractivity contribution in [3.63, 3.8) is 0 Å². The fraction of sp³-hybridized carbons (Fsp3) is 0.686. The van der Waals surface area contributed by atoms with Crippen molar-refractivity contribution in [1.29, 1.82) is 0 Å². The van der Waals surface area contributed by atoms with Gasteiger partial charge in [-0.25, -0.2) is 18.4 Å².